The molecule has 148 valence electrons. The molecule has 8 heteroatoms. The molecule has 0 fully saturated rings. The topological polar surface area (TPSA) is 79.5 Å². The molecule has 0 saturated heterocycles. The molecule has 2 rings (SSSR count). The summed E-state index contributed by atoms with van der Waals surface area (Å²) in [6.45, 7) is 6.14. The maximum Gasteiger partial charge on any atom is 0.276 e. The van der Waals surface area contributed by atoms with Crippen LogP contribution in [-0.2, 0) is 10.2 Å². The van der Waals surface area contributed by atoms with Gasteiger partial charge in [-0.1, -0.05) is 45.0 Å². The number of thiocarbonyl (C=S) groups is 1. The van der Waals surface area contributed by atoms with E-state index in [-0.39, 0.29) is 23.0 Å². The van der Waals surface area contributed by atoms with E-state index in [0.29, 0.717) is 11.3 Å². The summed E-state index contributed by atoms with van der Waals surface area (Å²) in [5.41, 5.74) is 6.48. The highest BCUT2D eigenvalue weighted by Gasteiger charge is 2.16. The third kappa shape index (κ3) is 6.61. The van der Waals surface area contributed by atoms with Gasteiger partial charge < -0.3 is 4.74 Å². The molecule has 3 N–H and O–H groups in total. The summed E-state index contributed by atoms with van der Waals surface area (Å²) in [4.78, 5) is 23.9. The number of hydrogen-bond acceptors (Lipinski definition) is 4. The van der Waals surface area contributed by atoms with Gasteiger partial charge in [0, 0.05) is 5.56 Å². The Morgan fingerprint density at radius 2 is 1.75 bits per heavy atom. The monoisotopic (exact) mass is 463 g/mol. The Hall–Kier alpha value is -2.45. The molecule has 0 unspecified atom stereocenters. The summed E-state index contributed by atoms with van der Waals surface area (Å²) in [5, 5.41) is 2.46. The van der Waals surface area contributed by atoms with Gasteiger partial charge in [-0.3, -0.25) is 25.8 Å². The molecular weight excluding hydrogens is 442 g/mol. The second-order valence-electron chi connectivity index (χ2n) is 7.01. The molecule has 6 nitrogen and oxygen atoms in total. The number of nitrogens with one attached hydrogen (secondary N) is 3. The minimum absolute atomic E-state index is 0.0158. The highest BCUT2D eigenvalue weighted by atomic mass is 79.9. The normalized spacial score (nSPS) is 10.7. The van der Waals surface area contributed by atoms with Gasteiger partial charge in [0.25, 0.3) is 11.8 Å². The summed E-state index contributed by atoms with van der Waals surface area (Å²) in [5.74, 6) is -0.252. The third-order valence-corrected chi connectivity index (χ3v) is 4.56. The minimum atomic E-state index is -0.442. The zero-order chi connectivity index (χ0) is 20.7. The van der Waals surface area contributed by atoms with Crippen molar-refractivity contribution in [1.82, 2.24) is 16.2 Å². The molecule has 0 aliphatic carbocycles. The number of hydrazine groups is 1. The zero-order valence-corrected chi connectivity index (χ0v) is 18.2. The molecule has 2 aromatic rings. The fraction of sp³-hybridized carbons (Fsp3) is 0.250. The van der Waals surface area contributed by atoms with Crippen LogP contribution < -0.4 is 20.9 Å². The van der Waals surface area contributed by atoms with E-state index in [1.165, 1.54) is 0 Å². The molecule has 0 atom stereocenters. The number of carbonyl (C=O) groups excluding carboxylic acids is 2. The van der Waals surface area contributed by atoms with Crippen molar-refractivity contribution in [3.63, 3.8) is 0 Å². The average Bonchev–Trinajstić information content (AvgIpc) is 2.65. The standard InChI is InChI=1S/C20H22BrN3O3S/c1-20(2,3)14-9-10-16(15(21)11-14)27-12-17(25)23-24-19(28)22-18(26)13-7-5-4-6-8-13/h4-11H,12H2,1-3H3,(H,23,25)(H2,22,24,26,28). The van der Waals surface area contributed by atoms with Crippen molar-refractivity contribution < 1.29 is 14.3 Å². The van der Waals surface area contributed by atoms with Crippen molar-refractivity contribution >= 4 is 45.1 Å². The first-order chi connectivity index (χ1) is 13.2. The van der Waals surface area contributed by atoms with Crippen molar-refractivity contribution in [3.8, 4) is 5.75 Å². The van der Waals surface area contributed by atoms with Crippen LogP contribution in [-0.4, -0.2) is 23.5 Å². The summed E-state index contributed by atoms with van der Waals surface area (Å²) in [7, 11) is 0. The summed E-state index contributed by atoms with van der Waals surface area (Å²) in [6, 6.07) is 14.4. The molecule has 28 heavy (non-hydrogen) atoms. The van der Waals surface area contributed by atoms with Crippen LogP contribution >= 0.6 is 28.1 Å². The van der Waals surface area contributed by atoms with Crippen molar-refractivity contribution in [2.75, 3.05) is 6.61 Å². The summed E-state index contributed by atoms with van der Waals surface area (Å²) < 4.78 is 6.29. The van der Waals surface area contributed by atoms with Crippen LogP contribution in [0, 0.1) is 0 Å². The van der Waals surface area contributed by atoms with Gasteiger partial charge in [0.15, 0.2) is 11.7 Å². The molecule has 0 radical (unpaired) electrons. The summed E-state index contributed by atoms with van der Waals surface area (Å²) >= 11 is 8.45. The van der Waals surface area contributed by atoms with Crippen LogP contribution in [0.1, 0.15) is 36.7 Å². The van der Waals surface area contributed by atoms with Crippen LogP contribution in [0.5, 0.6) is 5.75 Å². The van der Waals surface area contributed by atoms with Crippen LogP contribution in [0.25, 0.3) is 0 Å². The first-order valence-corrected chi connectivity index (χ1v) is 9.75. The first-order valence-electron chi connectivity index (χ1n) is 8.55. The zero-order valence-electron chi connectivity index (χ0n) is 15.8. The highest BCUT2D eigenvalue weighted by molar-refractivity contribution is 9.10. The Morgan fingerprint density at radius 3 is 2.36 bits per heavy atom. The van der Waals surface area contributed by atoms with Gasteiger partial charge in [0.2, 0.25) is 0 Å². The molecule has 0 aliphatic rings. The predicted molar refractivity (Wildman–Crippen MR) is 116 cm³/mol. The van der Waals surface area contributed by atoms with Crippen molar-refractivity contribution in [1.29, 1.82) is 0 Å². The maximum absolute atomic E-state index is 12.0. The molecule has 2 amide bonds. The van der Waals surface area contributed by atoms with Crippen molar-refractivity contribution in [2.24, 2.45) is 0 Å². The molecule has 2 aromatic carbocycles. The molecule has 0 bridgehead atoms. The van der Waals surface area contributed by atoms with Crippen molar-refractivity contribution in [3.05, 3.63) is 64.1 Å². The largest absolute Gasteiger partial charge is 0.483 e. The van der Waals surface area contributed by atoms with Gasteiger partial charge in [0.1, 0.15) is 5.75 Å². The van der Waals surface area contributed by atoms with Crippen LogP contribution in [0.15, 0.2) is 53.0 Å². The predicted octanol–water partition coefficient (Wildman–Crippen LogP) is 3.46. The Balaban J connectivity index is 1.78. The number of benzene rings is 2. The fourth-order valence-corrected chi connectivity index (χ4v) is 2.82. The first kappa shape index (κ1) is 21.8. The molecule has 0 aliphatic heterocycles. The Labute approximate surface area is 178 Å². The van der Waals surface area contributed by atoms with Gasteiger partial charge in [-0.25, -0.2) is 0 Å². The number of carbonyl (C=O) groups is 2. The lowest BCUT2D eigenvalue weighted by Crippen LogP contribution is -2.49. The van der Waals surface area contributed by atoms with E-state index >= 15 is 0 Å². The van der Waals surface area contributed by atoms with Crippen LogP contribution in [0.4, 0.5) is 0 Å². The average molecular weight is 464 g/mol. The number of ether oxygens (including phenoxy) is 1. The lowest BCUT2D eigenvalue weighted by Gasteiger charge is -2.20. The van der Waals surface area contributed by atoms with Gasteiger partial charge in [-0.15, -0.1) is 0 Å². The van der Waals surface area contributed by atoms with E-state index in [0.717, 1.165) is 10.0 Å². The lowest BCUT2D eigenvalue weighted by atomic mass is 9.87. The molecule has 0 spiro atoms. The lowest BCUT2D eigenvalue weighted by molar-refractivity contribution is -0.123. The smallest absolute Gasteiger partial charge is 0.276 e. The van der Waals surface area contributed by atoms with E-state index in [2.05, 4.69) is 52.9 Å². The molecule has 0 saturated carbocycles. The van der Waals surface area contributed by atoms with Gasteiger partial charge in [-0.2, -0.15) is 0 Å². The van der Waals surface area contributed by atoms with E-state index in [1.807, 2.05) is 24.3 Å². The summed E-state index contributed by atoms with van der Waals surface area (Å²) in [6.07, 6.45) is 0. The fourth-order valence-electron chi connectivity index (χ4n) is 2.19. The van der Waals surface area contributed by atoms with E-state index in [4.69, 9.17) is 17.0 Å². The number of rotatable bonds is 4. The van der Waals surface area contributed by atoms with Crippen LogP contribution in [0.3, 0.4) is 0 Å². The third-order valence-electron chi connectivity index (χ3n) is 3.74. The quantitative estimate of drug-likeness (QED) is 0.477. The Kier molecular flexibility index (Phi) is 7.53. The Morgan fingerprint density at radius 1 is 1.07 bits per heavy atom. The Bertz CT molecular complexity index is 867. The van der Waals surface area contributed by atoms with Gasteiger partial charge >= 0.3 is 0 Å². The second kappa shape index (κ2) is 9.66. The van der Waals surface area contributed by atoms with Crippen molar-refractivity contribution in [2.45, 2.75) is 26.2 Å². The molecular formula is C20H22BrN3O3S. The van der Waals surface area contributed by atoms with Gasteiger partial charge in [0.05, 0.1) is 4.47 Å². The van der Waals surface area contributed by atoms with E-state index in [1.54, 1.807) is 24.3 Å². The van der Waals surface area contributed by atoms with Gasteiger partial charge in [-0.05, 0) is 63.4 Å². The number of halogens is 1. The second-order valence-corrected chi connectivity index (χ2v) is 8.27. The molecule has 0 heterocycles. The number of amides is 2. The van der Waals surface area contributed by atoms with E-state index < -0.39 is 5.91 Å². The maximum atomic E-state index is 12.0. The SMILES string of the molecule is CC(C)(C)c1ccc(OCC(=O)NNC(=S)NC(=O)c2ccccc2)c(Br)c1. The minimum Gasteiger partial charge on any atom is -0.483 e. The highest BCUT2D eigenvalue weighted by Crippen LogP contribution is 2.31. The van der Waals surface area contributed by atoms with Crippen LogP contribution in [0.2, 0.25) is 0 Å². The molecule has 0 aromatic heterocycles. The number of hydrogen-bond donors (Lipinski definition) is 3. The van der Waals surface area contributed by atoms with E-state index in [9.17, 15) is 9.59 Å².